The van der Waals surface area contributed by atoms with Gasteiger partial charge >= 0.3 is 0 Å². The summed E-state index contributed by atoms with van der Waals surface area (Å²) < 4.78 is 0. The molecule has 82 valence electrons. The molecule has 1 heterocycles. The van der Waals surface area contributed by atoms with Crippen LogP contribution in [0.3, 0.4) is 0 Å². The lowest BCUT2D eigenvalue weighted by molar-refractivity contribution is -0.124. The average Bonchev–Trinajstić information content (AvgIpc) is 2.00. The molecule has 1 saturated heterocycles. The van der Waals surface area contributed by atoms with E-state index in [1.807, 2.05) is 13.8 Å². The molecule has 0 aromatic heterocycles. The normalized spacial score (nSPS) is 23.0. The summed E-state index contributed by atoms with van der Waals surface area (Å²) in [7, 11) is 0. The van der Waals surface area contributed by atoms with E-state index in [-0.39, 0.29) is 11.8 Å². The molecule has 2 atom stereocenters. The summed E-state index contributed by atoms with van der Waals surface area (Å²) >= 11 is 0. The summed E-state index contributed by atoms with van der Waals surface area (Å²) in [5, 5.41) is 6.38. The van der Waals surface area contributed by atoms with Gasteiger partial charge in [0.05, 0.1) is 0 Å². The Labute approximate surface area is 86.6 Å². The van der Waals surface area contributed by atoms with Crippen molar-refractivity contribution in [3.63, 3.8) is 0 Å². The van der Waals surface area contributed by atoms with Crippen LogP contribution in [0.2, 0.25) is 0 Å². The Morgan fingerprint density at radius 1 is 1.50 bits per heavy atom. The second kappa shape index (κ2) is 5.35. The Hall–Kier alpha value is -0.570. The summed E-state index contributed by atoms with van der Waals surface area (Å²) in [5.74, 6) is 0.262. The van der Waals surface area contributed by atoms with Crippen molar-refractivity contribution in [3.05, 3.63) is 0 Å². The highest BCUT2D eigenvalue weighted by molar-refractivity contribution is 5.78. The molecule has 1 rings (SSSR count). The summed E-state index contributed by atoms with van der Waals surface area (Å²) in [6, 6.07) is 1.01. The molecule has 1 fully saturated rings. The Balaban J connectivity index is 2.08. The van der Waals surface area contributed by atoms with Crippen molar-refractivity contribution in [2.75, 3.05) is 6.54 Å². The van der Waals surface area contributed by atoms with Crippen LogP contribution in [0, 0.1) is 5.92 Å². The van der Waals surface area contributed by atoms with Crippen LogP contribution in [-0.4, -0.2) is 24.5 Å². The average molecular weight is 198 g/mol. The van der Waals surface area contributed by atoms with E-state index >= 15 is 0 Å². The van der Waals surface area contributed by atoms with Crippen LogP contribution in [0.25, 0.3) is 0 Å². The van der Waals surface area contributed by atoms with Crippen molar-refractivity contribution in [2.24, 2.45) is 5.92 Å². The standard InChI is InChI=1S/C11H22N2O/c1-8(2)11(14)13-9(3)4-5-10-6-7-12-10/h8-10,12H,4-7H2,1-3H3,(H,13,14). The third kappa shape index (κ3) is 3.66. The molecule has 0 aromatic carbocycles. The van der Waals surface area contributed by atoms with Crippen molar-refractivity contribution < 1.29 is 4.79 Å². The molecule has 0 bridgehead atoms. The van der Waals surface area contributed by atoms with E-state index in [1.54, 1.807) is 0 Å². The monoisotopic (exact) mass is 198 g/mol. The van der Waals surface area contributed by atoms with Crippen molar-refractivity contribution >= 4 is 5.91 Å². The first kappa shape index (κ1) is 11.5. The van der Waals surface area contributed by atoms with Gasteiger partial charge in [0.25, 0.3) is 0 Å². The molecule has 3 nitrogen and oxygen atoms in total. The van der Waals surface area contributed by atoms with Crippen LogP contribution in [0.1, 0.15) is 40.0 Å². The molecule has 0 aromatic rings. The lowest BCUT2D eigenvalue weighted by Gasteiger charge is -2.28. The fraction of sp³-hybridized carbons (Fsp3) is 0.909. The van der Waals surface area contributed by atoms with Crippen LogP contribution in [0.15, 0.2) is 0 Å². The molecule has 1 aliphatic rings. The quantitative estimate of drug-likeness (QED) is 0.699. The van der Waals surface area contributed by atoms with Gasteiger partial charge in [-0.3, -0.25) is 4.79 Å². The molecule has 3 heteroatoms. The van der Waals surface area contributed by atoms with Crippen LogP contribution in [-0.2, 0) is 4.79 Å². The Bertz CT molecular complexity index is 188. The Morgan fingerprint density at radius 2 is 2.14 bits per heavy atom. The van der Waals surface area contributed by atoms with Gasteiger partial charge in [0.1, 0.15) is 0 Å². The second-order valence-corrected chi connectivity index (χ2v) is 4.58. The number of carbonyl (C=O) groups excluding carboxylic acids is 1. The summed E-state index contributed by atoms with van der Waals surface area (Å²) in [6.45, 7) is 7.10. The number of rotatable bonds is 5. The van der Waals surface area contributed by atoms with E-state index in [2.05, 4.69) is 17.6 Å². The molecule has 2 N–H and O–H groups in total. The highest BCUT2D eigenvalue weighted by Crippen LogP contribution is 2.10. The molecular formula is C11H22N2O. The number of amides is 1. The van der Waals surface area contributed by atoms with Crippen LogP contribution < -0.4 is 10.6 Å². The van der Waals surface area contributed by atoms with E-state index in [4.69, 9.17) is 0 Å². The smallest absolute Gasteiger partial charge is 0.222 e. The number of hydrogen-bond acceptors (Lipinski definition) is 2. The highest BCUT2D eigenvalue weighted by atomic mass is 16.1. The van der Waals surface area contributed by atoms with Gasteiger partial charge < -0.3 is 10.6 Å². The lowest BCUT2D eigenvalue weighted by Crippen LogP contribution is -2.44. The van der Waals surface area contributed by atoms with Gasteiger partial charge in [-0.25, -0.2) is 0 Å². The molecule has 0 aliphatic carbocycles. The first-order valence-electron chi connectivity index (χ1n) is 5.63. The first-order chi connectivity index (χ1) is 6.59. The van der Waals surface area contributed by atoms with Gasteiger partial charge in [0.2, 0.25) is 5.91 Å². The molecule has 1 aliphatic heterocycles. The minimum Gasteiger partial charge on any atom is -0.353 e. The van der Waals surface area contributed by atoms with Gasteiger partial charge in [0.15, 0.2) is 0 Å². The zero-order chi connectivity index (χ0) is 10.6. The molecule has 0 radical (unpaired) electrons. The topological polar surface area (TPSA) is 41.1 Å². The molecular weight excluding hydrogens is 176 g/mol. The Kier molecular flexibility index (Phi) is 4.39. The molecule has 0 spiro atoms. The van der Waals surface area contributed by atoms with Gasteiger partial charge in [-0.2, -0.15) is 0 Å². The maximum Gasteiger partial charge on any atom is 0.222 e. The van der Waals surface area contributed by atoms with Crippen LogP contribution >= 0.6 is 0 Å². The third-order valence-electron chi connectivity index (χ3n) is 2.79. The summed E-state index contributed by atoms with van der Waals surface area (Å²) in [6.07, 6.45) is 3.56. The lowest BCUT2D eigenvalue weighted by atomic mass is 9.99. The zero-order valence-corrected chi connectivity index (χ0v) is 9.47. The maximum absolute atomic E-state index is 11.4. The van der Waals surface area contributed by atoms with E-state index in [0.29, 0.717) is 12.1 Å². The predicted octanol–water partition coefficient (Wildman–Crippen LogP) is 1.29. The fourth-order valence-corrected chi connectivity index (χ4v) is 1.53. The van der Waals surface area contributed by atoms with Gasteiger partial charge in [-0.15, -0.1) is 0 Å². The maximum atomic E-state index is 11.4. The zero-order valence-electron chi connectivity index (χ0n) is 9.47. The third-order valence-corrected chi connectivity index (χ3v) is 2.79. The van der Waals surface area contributed by atoms with E-state index in [9.17, 15) is 4.79 Å². The number of hydrogen-bond donors (Lipinski definition) is 2. The molecule has 0 saturated carbocycles. The highest BCUT2D eigenvalue weighted by Gasteiger charge is 2.17. The van der Waals surface area contributed by atoms with Gasteiger partial charge in [0, 0.05) is 18.0 Å². The number of nitrogens with one attached hydrogen (secondary N) is 2. The summed E-state index contributed by atoms with van der Waals surface area (Å²) in [5.41, 5.74) is 0. The summed E-state index contributed by atoms with van der Waals surface area (Å²) in [4.78, 5) is 11.4. The molecule has 2 unspecified atom stereocenters. The largest absolute Gasteiger partial charge is 0.353 e. The fourth-order valence-electron chi connectivity index (χ4n) is 1.53. The van der Waals surface area contributed by atoms with Crippen molar-refractivity contribution in [2.45, 2.75) is 52.1 Å². The van der Waals surface area contributed by atoms with Crippen molar-refractivity contribution in [3.8, 4) is 0 Å². The van der Waals surface area contributed by atoms with Gasteiger partial charge in [-0.05, 0) is 32.7 Å². The first-order valence-corrected chi connectivity index (χ1v) is 5.63. The van der Waals surface area contributed by atoms with Crippen LogP contribution in [0.4, 0.5) is 0 Å². The van der Waals surface area contributed by atoms with Crippen molar-refractivity contribution in [1.29, 1.82) is 0 Å². The Morgan fingerprint density at radius 3 is 2.57 bits per heavy atom. The van der Waals surface area contributed by atoms with E-state index in [0.717, 1.165) is 13.0 Å². The minimum atomic E-state index is 0.0966. The van der Waals surface area contributed by atoms with E-state index < -0.39 is 0 Å². The second-order valence-electron chi connectivity index (χ2n) is 4.58. The van der Waals surface area contributed by atoms with Gasteiger partial charge in [-0.1, -0.05) is 13.8 Å². The van der Waals surface area contributed by atoms with Crippen LogP contribution in [0.5, 0.6) is 0 Å². The predicted molar refractivity (Wildman–Crippen MR) is 58.1 cm³/mol. The van der Waals surface area contributed by atoms with Crippen molar-refractivity contribution in [1.82, 2.24) is 10.6 Å². The molecule has 14 heavy (non-hydrogen) atoms. The number of carbonyl (C=O) groups is 1. The molecule has 1 amide bonds. The van der Waals surface area contributed by atoms with E-state index in [1.165, 1.54) is 12.8 Å². The SMILES string of the molecule is CC(CCC1CCN1)NC(=O)C(C)C. The minimum absolute atomic E-state index is 0.0966.